The van der Waals surface area contributed by atoms with Crippen molar-refractivity contribution < 1.29 is 19.0 Å². The average Bonchev–Trinajstić information content (AvgIpc) is 3.08. The topological polar surface area (TPSA) is 70.3 Å². The van der Waals surface area contributed by atoms with Crippen molar-refractivity contribution in [3.63, 3.8) is 0 Å². The van der Waals surface area contributed by atoms with Crippen LogP contribution in [0.2, 0.25) is 0 Å². The fourth-order valence-electron chi connectivity index (χ4n) is 4.83. The normalized spacial score (nSPS) is 28.0. The number of nitriles is 1. The highest BCUT2D eigenvalue weighted by atomic mass is 35.5. The van der Waals surface area contributed by atoms with E-state index in [-0.39, 0.29) is 18.6 Å². The van der Waals surface area contributed by atoms with Gasteiger partial charge in [-0.3, -0.25) is 4.79 Å². The molecule has 0 amide bonds. The van der Waals surface area contributed by atoms with Crippen molar-refractivity contribution in [2.75, 3.05) is 0 Å². The van der Waals surface area contributed by atoms with Gasteiger partial charge in [0, 0.05) is 17.3 Å². The van der Waals surface area contributed by atoms with Crippen molar-refractivity contribution in [3.05, 3.63) is 59.9 Å². The summed E-state index contributed by atoms with van der Waals surface area (Å²) in [5.74, 6) is -1.23. The van der Waals surface area contributed by atoms with Crippen molar-refractivity contribution in [1.82, 2.24) is 0 Å². The molecule has 0 radical (unpaired) electrons. The van der Waals surface area contributed by atoms with Crippen LogP contribution in [0.4, 0.5) is 4.39 Å². The molecule has 0 heterocycles. The molecule has 7 heteroatoms. The summed E-state index contributed by atoms with van der Waals surface area (Å²) in [6, 6.07) is 15.0. The van der Waals surface area contributed by atoms with E-state index in [0.717, 1.165) is 0 Å². The maximum absolute atomic E-state index is 14.5. The molecule has 0 spiro atoms. The van der Waals surface area contributed by atoms with Crippen LogP contribution in [-0.2, 0) is 10.2 Å². The Bertz CT molecular complexity index is 978. The zero-order chi connectivity index (χ0) is 21.4. The lowest BCUT2D eigenvalue weighted by atomic mass is 9.82. The van der Waals surface area contributed by atoms with Gasteiger partial charge in [-0.1, -0.05) is 31.2 Å². The van der Waals surface area contributed by atoms with Gasteiger partial charge in [0.05, 0.1) is 11.5 Å². The number of halogens is 3. The standard InChI is InChI=1S/C22H20Cl2FNO3/c1-20(10-11-26)21(2,19(27)28)22(20,13-18(23)24)14-8-9-16(25)17(12-14)29-15-6-4-3-5-7-15/h3-9,12,18H,10,13H2,1-2H3,(H,27,28). The van der Waals surface area contributed by atoms with Gasteiger partial charge in [-0.2, -0.15) is 5.26 Å². The molecule has 1 N–H and O–H groups in total. The van der Waals surface area contributed by atoms with Crippen LogP contribution in [0.15, 0.2) is 48.5 Å². The van der Waals surface area contributed by atoms with Crippen LogP contribution in [-0.4, -0.2) is 15.9 Å². The largest absolute Gasteiger partial charge is 0.481 e. The number of para-hydroxylation sites is 1. The van der Waals surface area contributed by atoms with Crippen LogP contribution in [0.5, 0.6) is 11.5 Å². The molecule has 1 aliphatic carbocycles. The molecule has 1 fully saturated rings. The summed E-state index contributed by atoms with van der Waals surface area (Å²) in [5.41, 5.74) is -2.78. The van der Waals surface area contributed by atoms with Crippen molar-refractivity contribution in [1.29, 1.82) is 5.26 Å². The number of carboxylic acid groups (broad SMARTS) is 1. The highest BCUT2D eigenvalue weighted by Crippen LogP contribution is 2.81. The van der Waals surface area contributed by atoms with Crippen molar-refractivity contribution in [2.45, 2.75) is 36.9 Å². The molecule has 0 aromatic heterocycles. The Labute approximate surface area is 178 Å². The number of alkyl halides is 2. The third-order valence-electron chi connectivity index (χ3n) is 6.55. The molecule has 3 unspecified atom stereocenters. The monoisotopic (exact) mass is 435 g/mol. The first-order valence-corrected chi connectivity index (χ1v) is 9.93. The predicted octanol–water partition coefficient (Wildman–Crippen LogP) is 6.07. The fraction of sp³-hybridized carbons (Fsp3) is 0.364. The van der Waals surface area contributed by atoms with Gasteiger partial charge in [0.15, 0.2) is 11.6 Å². The van der Waals surface area contributed by atoms with E-state index in [1.54, 1.807) is 38.1 Å². The number of carbonyl (C=O) groups is 1. The number of nitrogens with zero attached hydrogens (tertiary/aromatic N) is 1. The lowest BCUT2D eigenvalue weighted by molar-refractivity contribution is -0.144. The minimum atomic E-state index is -1.31. The lowest BCUT2D eigenvalue weighted by Gasteiger charge is -2.24. The minimum absolute atomic E-state index is 0.0114. The second kappa shape index (κ2) is 7.51. The van der Waals surface area contributed by atoms with Gasteiger partial charge in [0.1, 0.15) is 10.6 Å². The second-order valence-corrected chi connectivity index (χ2v) is 8.94. The number of carboxylic acids is 1. The molecule has 2 aromatic carbocycles. The molecule has 29 heavy (non-hydrogen) atoms. The van der Waals surface area contributed by atoms with E-state index in [0.29, 0.717) is 11.3 Å². The highest BCUT2D eigenvalue weighted by molar-refractivity contribution is 6.44. The van der Waals surface area contributed by atoms with Crippen molar-refractivity contribution in [3.8, 4) is 17.6 Å². The van der Waals surface area contributed by atoms with Crippen molar-refractivity contribution in [2.24, 2.45) is 10.8 Å². The second-order valence-electron chi connectivity index (χ2n) is 7.66. The van der Waals surface area contributed by atoms with E-state index < -0.39 is 32.9 Å². The smallest absolute Gasteiger partial charge is 0.310 e. The molecule has 1 aliphatic rings. The SMILES string of the molecule is CC1(CC#N)C(C)(C(=O)O)C1(CC(Cl)Cl)c1ccc(F)c(Oc2ccccc2)c1. The Morgan fingerprint density at radius 2 is 1.90 bits per heavy atom. The molecular formula is C22H20Cl2FNO3. The third-order valence-corrected chi connectivity index (χ3v) is 6.86. The fourth-order valence-corrected chi connectivity index (χ4v) is 5.30. The van der Waals surface area contributed by atoms with Gasteiger partial charge in [0.25, 0.3) is 0 Å². The summed E-state index contributed by atoms with van der Waals surface area (Å²) in [7, 11) is 0. The van der Waals surface area contributed by atoms with Crippen LogP contribution in [0.25, 0.3) is 0 Å². The summed E-state index contributed by atoms with van der Waals surface area (Å²) in [4.78, 5) is 11.4. The number of rotatable bonds is 7. The summed E-state index contributed by atoms with van der Waals surface area (Å²) in [6.45, 7) is 3.32. The third kappa shape index (κ3) is 3.06. The molecule has 3 atom stereocenters. The van der Waals surface area contributed by atoms with Crippen LogP contribution >= 0.6 is 23.2 Å². The van der Waals surface area contributed by atoms with Crippen molar-refractivity contribution >= 4 is 29.2 Å². The maximum Gasteiger partial charge on any atom is 0.310 e. The molecular weight excluding hydrogens is 416 g/mol. The van der Waals surface area contributed by atoms with Gasteiger partial charge in [-0.25, -0.2) is 4.39 Å². The predicted molar refractivity (Wildman–Crippen MR) is 109 cm³/mol. The summed E-state index contributed by atoms with van der Waals surface area (Å²) in [5, 5.41) is 19.4. The van der Waals surface area contributed by atoms with Crippen LogP contribution < -0.4 is 4.74 Å². The first-order chi connectivity index (χ1) is 13.6. The van der Waals surface area contributed by atoms with E-state index >= 15 is 0 Å². The quantitative estimate of drug-likeness (QED) is 0.535. The number of ether oxygens (including phenoxy) is 1. The molecule has 0 bridgehead atoms. The summed E-state index contributed by atoms with van der Waals surface area (Å²) >= 11 is 12.2. The van der Waals surface area contributed by atoms with E-state index in [1.165, 1.54) is 18.2 Å². The summed E-state index contributed by atoms with van der Waals surface area (Å²) in [6.07, 6.45) is 0.0933. The summed E-state index contributed by atoms with van der Waals surface area (Å²) < 4.78 is 20.2. The molecule has 0 aliphatic heterocycles. The molecule has 152 valence electrons. The Morgan fingerprint density at radius 1 is 1.24 bits per heavy atom. The average molecular weight is 436 g/mol. The minimum Gasteiger partial charge on any atom is -0.481 e. The van der Waals surface area contributed by atoms with E-state index in [4.69, 9.17) is 27.9 Å². The number of benzene rings is 2. The number of hydrogen-bond acceptors (Lipinski definition) is 3. The Balaban J connectivity index is 2.15. The first kappa shape index (κ1) is 21.4. The van der Waals surface area contributed by atoms with Gasteiger partial charge >= 0.3 is 5.97 Å². The molecule has 4 nitrogen and oxygen atoms in total. The zero-order valence-corrected chi connectivity index (χ0v) is 17.5. The first-order valence-electron chi connectivity index (χ1n) is 9.05. The van der Waals surface area contributed by atoms with Gasteiger partial charge in [-0.15, -0.1) is 23.2 Å². The highest BCUT2D eigenvalue weighted by Gasteiger charge is 2.86. The molecule has 1 saturated carbocycles. The lowest BCUT2D eigenvalue weighted by Crippen LogP contribution is -2.25. The maximum atomic E-state index is 14.5. The van der Waals surface area contributed by atoms with Gasteiger partial charge in [-0.05, 0) is 43.2 Å². The molecule has 2 aromatic rings. The van der Waals surface area contributed by atoms with Crippen LogP contribution in [0.1, 0.15) is 32.3 Å². The number of aliphatic carboxylic acids is 1. The Morgan fingerprint density at radius 3 is 2.45 bits per heavy atom. The Hall–Kier alpha value is -2.29. The van der Waals surface area contributed by atoms with E-state index in [9.17, 15) is 19.6 Å². The van der Waals surface area contributed by atoms with Gasteiger partial charge in [0.2, 0.25) is 0 Å². The number of hydrogen-bond donors (Lipinski definition) is 1. The van der Waals surface area contributed by atoms with Gasteiger partial charge < -0.3 is 9.84 Å². The molecule has 0 saturated heterocycles. The van der Waals surface area contributed by atoms with E-state index in [2.05, 4.69) is 6.07 Å². The molecule has 3 rings (SSSR count). The van der Waals surface area contributed by atoms with E-state index in [1.807, 2.05) is 6.07 Å². The zero-order valence-electron chi connectivity index (χ0n) is 16.0. The Kier molecular flexibility index (Phi) is 5.55. The van der Waals surface area contributed by atoms with Crippen LogP contribution in [0.3, 0.4) is 0 Å². The van der Waals surface area contributed by atoms with Crippen LogP contribution in [0, 0.1) is 28.0 Å².